The maximum absolute atomic E-state index is 14.8. The van der Waals surface area contributed by atoms with E-state index >= 15 is 0 Å². The van der Waals surface area contributed by atoms with Crippen molar-refractivity contribution in [1.82, 2.24) is 0 Å². The molecule has 4 rings (SSSR count). The molecule has 2 N–H and O–H groups in total. The summed E-state index contributed by atoms with van der Waals surface area (Å²) in [5.74, 6) is -3.97. The highest BCUT2D eigenvalue weighted by Gasteiger charge is 2.32. The van der Waals surface area contributed by atoms with E-state index in [2.05, 4.69) is 4.74 Å². The van der Waals surface area contributed by atoms with Crippen LogP contribution in [0.1, 0.15) is 37.2 Å². The summed E-state index contributed by atoms with van der Waals surface area (Å²) in [6.07, 6.45) is -1.15. The molecule has 0 heterocycles. The average molecular weight is 465 g/mol. The molecule has 1 aliphatic carbocycles. The predicted molar refractivity (Wildman–Crippen MR) is 113 cm³/mol. The molecule has 0 atom stereocenters. The van der Waals surface area contributed by atoms with Gasteiger partial charge in [-0.15, -0.1) is 13.2 Å². The molecule has 0 radical (unpaired) electrons. The largest absolute Gasteiger partial charge is 0.573 e. The van der Waals surface area contributed by atoms with Gasteiger partial charge in [-0.3, -0.25) is 0 Å². The van der Waals surface area contributed by atoms with Crippen molar-refractivity contribution in [2.75, 3.05) is 0 Å². The summed E-state index contributed by atoms with van der Waals surface area (Å²) in [4.78, 5) is 0. The first kappa shape index (κ1) is 23.2. The van der Waals surface area contributed by atoms with Gasteiger partial charge in [0.05, 0.1) is 5.56 Å². The molecular weight excluding hydrogens is 444 g/mol. The molecule has 33 heavy (non-hydrogen) atoms. The van der Waals surface area contributed by atoms with Crippen LogP contribution in [-0.2, 0) is 0 Å². The standard InChI is InChI=1S/C25H21F6NO/c26-20-11-17(7-10-23(20)33-25(29,30)31)24-21(27)12-18(13-22(24)28)16-3-1-14(2-4-16)15-5-8-19(32)9-6-15/h1-4,7,10-13,15,19H,5-6,8-9,32H2. The summed E-state index contributed by atoms with van der Waals surface area (Å²) in [6.45, 7) is 0. The van der Waals surface area contributed by atoms with Gasteiger partial charge in [-0.05, 0) is 78.1 Å². The van der Waals surface area contributed by atoms with Gasteiger partial charge in [0.1, 0.15) is 11.6 Å². The van der Waals surface area contributed by atoms with Crippen LogP contribution in [0, 0.1) is 17.5 Å². The Hall–Kier alpha value is -3.00. The first-order valence-corrected chi connectivity index (χ1v) is 10.5. The van der Waals surface area contributed by atoms with Gasteiger partial charge >= 0.3 is 6.36 Å². The molecule has 174 valence electrons. The van der Waals surface area contributed by atoms with Gasteiger partial charge in [0.25, 0.3) is 0 Å². The molecule has 0 bridgehead atoms. The van der Waals surface area contributed by atoms with Gasteiger partial charge in [0, 0.05) is 6.04 Å². The molecule has 1 fully saturated rings. The van der Waals surface area contributed by atoms with Crippen LogP contribution in [0.25, 0.3) is 22.3 Å². The molecular formula is C25H21F6NO. The minimum Gasteiger partial charge on any atom is -0.403 e. The Morgan fingerprint density at radius 3 is 1.79 bits per heavy atom. The summed E-state index contributed by atoms with van der Waals surface area (Å²) >= 11 is 0. The zero-order valence-electron chi connectivity index (χ0n) is 17.4. The van der Waals surface area contributed by atoms with E-state index in [1.54, 1.807) is 12.1 Å². The van der Waals surface area contributed by atoms with Crippen LogP contribution in [0.15, 0.2) is 54.6 Å². The SMILES string of the molecule is NC1CCC(c2ccc(-c3cc(F)c(-c4ccc(OC(F)(F)F)c(F)c4)c(F)c3)cc2)CC1. The van der Waals surface area contributed by atoms with Gasteiger partial charge in [-0.2, -0.15) is 0 Å². The van der Waals surface area contributed by atoms with Crippen molar-refractivity contribution in [1.29, 1.82) is 0 Å². The number of hydrogen-bond acceptors (Lipinski definition) is 2. The molecule has 0 amide bonds. The van der Waals surface area contributed by atoms with Crippen LogP contribution in [0.5, 0.6) is 5.75 Å². The highest BCUT2D eigenvalue weighted by molar-refractivity contribution is 5.72. The molecule has 3 aromatic carbocycles. The highest BCUT2D eigenvalue weighted by Crippen LogP contribution is 2.36. The van der Waals surface area contributed by atoms with Gasteiger partial charge in [0.2, 0.25) is 0 Å². The minimum atomic E-state index is -5.08. The second kappa shape index (κ2) is 9.09. The lowest BCUT2D eigenvalue weighted by molar-refractivity contribution is -0.275. The molecule has 3 aromatic rings. The fraction of sp³-hybridized carbons (Fsp3) is 0.280. The Bertz CT molecular complexity index is 1110. The van der Waals surface area contributed by atoms with Crippen molar-refractivity contribution < 1.29 is 31.1 Å². The third-order valence-corrected chi connectivity index (χ3v) is 5.98. The molecule has 1 aliphatic rings. The number of benzene rings is 3. The smallest absolute Gasteiger partial charge is 0.403 e. The second-order valence-corrected chi connectivity index (χ2v) is 8.24. The van der Waals surface area contributed by atoms with E-state index < -0.39 is 35.1 Å². The molecule has 0 aliphatic heterocycles. The number of hydrogen-bond donors (Lipinski definition) is 1. The molecule has 8 heteroatoms. The fourth-order valence-electron chi connectivity index (χ4n) is 4.28. The topological polar surface area (TPSA) is 35.2 Å². The van der Waals surface area contributed by atoms with E-state index in [-0.39, 0.29) is 11.6 Å². The van der Waals surface area contributed by atoms with Gasteiger partial charge in [-0.1, -0.05) is 30.3 Å². The first-order chi connectivity index (χ1) is 15.6. The molecule has 0 saturated heterocycles. The van der Waals surface area contributed by atoms with Crippen LogP contribution in [-0.4, -0.2) is 12.4 Å². The van der Waals surface area contributed by atoms with Crippen LogP contribution < -0.4 is 10.5 Å². The Morgan fingerprint density at radius 1 is 0.697 bits per heavy atom. The molecule has 0 unspecified atom stereocenters. The first-order valence-electron chi connectivity index (χ1n) is 10.5. The number of nitrogens with two attached hydrogens (primary N) is 1. The van der Waals surface area contributed by atoms with Gasteiger partial charge < -0.3 is 10.5 Å². The number of ether oxygens (including phenoxy) is 1. The Balaban J connectivity index is 1.58. The number of rotatable bonds is 4. The monoisotopic (exact) mass is 465 g/mol. The van der Waals surface area contributed by atoms with Crippen molar-refractivity contribution in [2.24, 2.45) is 5.73 Å². The maximum Gasteiger partial charge on any atom is 0.573 e. The fourth-order valence-corrected chi connectivity index (χ4v) is 4.28. The molecule has 0 aromatic heterocycles. The Kier molecular flexibility index (Phi) is 6.38. The van der Waals surface area contributed by atoms with Gasteiger partial charge in [-0.25, -0.2) is 13.2 Å². The van der Waals surface area contributed by atoms with E-state index in [1.807, 2.05) is 12.1 Å². The zero-order valence-corrected chi connectivity index (χ0v) is 17.4. The van der Waals surface area contributed by atoms with E-state index in [0.717, 1.165) is 49.4 Å². The summed E-state index contributed by atoms with van der Waals surface area (Å²) in [5.41, 5.74) is 7.23. The van der Waals surface area contributed by atoms with Crippen LogP contribution in [0.4, 0.5) is 26.3 Å². The second-order valence-electron chi connectivity index (χ2n) is 8.24. The third kappa shape index (κ3) is 5.33. The van der Waals surface area contributed by atoms with Gasteiger partial charge in [0.15, 0.2) is 11.6 Å². The predicted octanol–water partition coefficient (Wildman–Crippen LogP) is 7.32. The summed E-state index contributed by atoms with van der Waals surface area (Å²) in [5, 5.41) is 0. The summed E-state index contributed by atoms with van der Waals surface area (Å²) in [6, 6.07) is 12.2. The quantitative estimate of drug-likeness (QED) is 0.410. The lowest BCUT2D eigenvalue weighted by Crippen LogP contribution is -2.25. The Labute approximate surface area is 187 Å². The van der Waals surface area contributed by atoms with Crippen molar-refractivity contribution in [2.45, 2.75) is 44.0 Å². The number of alkyl halides is 3. The van der Waals surface area contributed by atoms with Crippen molar-refractivity contribution in [3.8, 4) is 28.0 Å². The highest BCUT2D eigenvalue weighted by atomic mass is 19.4. The number of halogens is 6. The minimum absolute atomic E-state index is 0.241. The third-order valence-electron chi connectivity index (χ3n) is 5.98. The van der Waals surface area contributed by atoms with E-state index in [0.29, 0.717) is 29.2 Å². The zero-order chi connectivity index (χ0) is 23.8. The summed E-state index contributed by atoms with van der Waals surface area (Å²) in [7, 11) is 0. The molecule has 1 saturated carbocycles. The van der Waals surface area contributed by atoms with Crippen molar-refractivity contribution in [3.63, 3.8) is 0 Å². The molecule has 0 spiro atoms. The average Bonchev–Trinajstić information content (AvgIpc) is 2.75. The molecule has 2 nitrogen and oxygen atoms in total. The van der Waals surface area contributed by atoms with Crippen LogP contribution >= 0.6 is 0 Å². The lowest BCUT2D eigenvalue weighted by Gasteiger charge is -2.26. The van der Waals surface area contributed by atoms with Crippen LogP contribution in [0.3, 0.4) is 0 Å². The van der Waals surface area contributed by atoms with Crippen LogP contribution in [0.2, 0.25) is 0 Å². The lowest BCUT2D eigenvalue weighted by atomic mass is 9.82. The van der Waals surface area contributed by atoms with Crippen molar-refractivity contribution in [3.05, 3.63) is 77.6 Å². The van der Waals surface area contributed by atoms with E-state index in [9.17, 15) is 26.3 Å². The summed E-state index contributed by atoms with van der Waals surface area (Å²) < 4.78 is 84.1. The maximum atomic E-state index is 14.8. The van der Waals surface area contributed by atoms with E-state index in [4.69, 9.17) is 5.73 Å². The van der Waals surface area contributed by atoms with Crippen molar-refractivity contribution >= 4 is 0 Å². The normalized spacial score (nSPS) is 18.9. The van der Waals surface area contributed by atoms with E-state index in [1.165, 1.54) is 0 Å². The Morgan fingerprint density at radius 2 is 1.24 bits per heavy atom.